The van der Waals surface area contributed by atoms with Crippen molar-refractivity contribution in [3.63, 3.8) is 0 Å². The van der Waals surface area contributed by atoms with Gasteiger partial charge in [0, 0.05) is 0 Å². The van der Waals surface area contributed by atoms with Gasteiger partial charge in [0.25, 0.3) is 0 Å². The van der Waals surface area contributed by atoms with Gasteiger partial charge in [-0.3, -0.25) is 0 Å². The Hall–Kier alpha value is -0.0500. The lowest BCUT2D eigenvalue weighted by molar-refractivity contribution is -0.167. The van der Waals surface area contributed by atoms with Crippen LogP contribution in [0.5, 0.6) is 0 Å². The standard InChI is InChI=1S/C13H23ClO2/c1-8(2)15-13(7-14)16-12-6-9(3)10(4)11(12)5/h8-9,12-13H,6-7H2,1-5H3. The van der Waals surface area contributed by atoms with E-state index in [0.29, 0.717) is 11.8 Å². The maximum atomic E-state index is 5.91. The molecule has 1 aliphatic carbocycles. The fourth-order valence-electron chi connectivity index (χ4n) is 2.07. The van der Waals surface area contributed by atoms with E-state index in [4.69, 9.17) is 21.1 Å². The van der Waals surface area contributed by atoms with Crippen molar-refractivity contribution in [3.05, 3.63) is 11.1 Å². The van der Waals surface area contributed by atoms with Crippen LogP contribution in [0.4, 0.5) is 0 Å². The summed E-state index contributed by atoms with van der Waals surface area (Å²) in [6.07, 6.45) is 1.08. The SMILES string of the molecule is CC1=C(C)C(OC(CCl)OC(C)C)CC1C. The predicted octanol–water partition coefficient (Wildman–Crippen LogP) is 3.74. The van der Waals surface area contributed by atoms with Crippen molar-refractivity contribution >= 4 is 11.6 Å². The summed E-state index contributed by atoms with van der Waals surface area (Å²) in [5.74, 6) is 0.995. The van der Waals surface area contributed by atoms with Crippen LogP contribution in [0, 0.1) is 5.92 Å². The first-order valence-corrected chi connectivity index (χ1v) is 6.53. The van der Waals surface area contributed by atoms with Crippen molar-refractivity contribution < 1.29 is 9.47 Å². The van der Waals surface area contributed by atoms with E-state index in [2.05, 4.69) is 20.8 Å². The molecule has 1 aliphatic rings. The zero-order valence-corrected chi connectivity index (χ0v) is 11.7. The molecule has 0 saturated carbocycles. The molecule has 0 radical (unpaired) electrons. The van der Waals surface area contributed by atoms with Crippen molar-refractivity contribution in [3.8, 4) is 0 Å². The van der Waals surface area contributed by atoms with Crippen LogP contribution in [0.25, 0.3) is 0 Å². The van der Waals surface area contributed by atoms with Crippen LogP contribution in [0.1, 0.15) is 41.0 Å². The quantitative estimate of drug-likeness (QED) is 0.418. The molecule has 0 heterocycles. The van der Waals surface area contributed by atoms with Gasteiger partial charge in [0.1, 0.15) is 0 Å². The van der Waals surface area contributed by atoms with Gasteiger partial charge < -0.3 is 9.47 Å². The maximum Gasteiger partial charge on any atom is 0.172 e. The Morgan fingerprint density at radius 1 is 1.31 bits per heavy atom. The molecule has 0 bridgehead atoms. The number of ether oxygens (including phenoxy) is 2. The normalized spacial score (nSPS) is 27.9. The summed E-state index contributed by atoms with van der Waals surface area (Å²) in [7, 11) is 0. The molecule has 0 aromatic rings. The van der Waals surface area contributed by atoms with Crippen molar-refractivity contribution in [1.29, 1.82) is 0 Å². The smallest absolute Gasteiger partial charge is 0.172 e. The molecule has 0 saturated heterocycles. The van der Waals surface area contributed by atoms with Crippen molar-refractivity contribution in [2.24, 2.45) is 5.92 Å². The summed E-state index contributed by atoms with van der Waals surface area (Å²) in [6, 6.07) is 0. The first-order valence-electron chi connectivity index (χ1n) is 5.99. The monoisotopic (exact) mass is 246 g/mol. The van der Waals surface area contributed by atoms with Gasteiger partial charge in [0.15, 0.2) is 6.29 Å². The average molecular weight is 247 g/mol. The fourth-order valence-corrected chi connectivity index (χ4v) is 2.21. The number of hydrogen-bond acceptors (Lipinski definition) is 2. The van der Waals surface area contributed by atoms with Crippen molar-refractivity contribution in [1.82, 2.24) is 0 Å². The predicted molar refractivity (Wildman–Crippen MR) is 67.8 cm³/mol. The first kappa shape index (κ1) is 14.0. The summed E-state index contributed by atoms with van der Waals surface area (Å²) in [5.41, 5.74) is 2.79. The lowest BCUT2D eigenvalue weighted by Crippen LogP contribution is -2.28. The number of hydrogen-bond donors (Lipinski definition) is 0. The van der Waals surface area contributed by atoms with E-state index in [1.54, 1.807) is 0 Å². The first-order chi connectivity index (χ1) is 7.45. The largest absolute Gasteiger partial charge is 0.349 e. The van der Waals surface area contributed by atoms with E-state index < -0.39 is 0 Å². The Morgan fingerprint density at radius 3 is 2.31 bits per heavy atom. The molecular formula is C13H23ClO2. The highest BCUT2D eigenvalue weighted by Crippen LogP contribution is 2.34. The molecule has 0 amide bonds. The minimum Gasteiger partial charge on any atom is -0.349 e. The zero-order valence-electron chi connectivity index (χ0n) is 10.9. The van der Waals surface area contributed by atoms with Crippen molar-refractivity contribution in [2.75, 3.05) is 5.88 Å². The molecule has 0 aromatic heterocycles. The summed E-state index contributed by atoms with van der Waals surface area (Å²) in [5, 5.41) is 0. The van der Waals surface area contributed by atoms with Gasteiger partial charge in [-0.1, -0.05) is 12.5 Å². The van der Waals surface area contributed by atoms with E-state index in [9.17, 15) is 0 Å². The van der Waals surface area contributed by atoms with Crippen LogP contribution in [-0.4, -0.2) is 24.4 Å². The molecule has 16 heavy (non-hydrogen) atoms. The highest BCUT2D eigenvalue weighted by Gasteiger charge is 2.28. The van der Waals surface area contributed by atoms with E-state index in [-0.39, 0.29) is 18.5 Å². The third-order valence-corrected chi connectivity index (χ3v) is 3.53. The van der Waals surface area contributed by atoms with Gasteiger partial charge in [0.05, 0.1) is 18.1 Å². The Balaban J connectivity index is 2.54. The summed E-state index contributed by atoms with van der Waals surface area (Å²) < 4.78 is 11.5. The Bertz CT molecular complexity index is 261. The maximum absolute atomic E-state index is 5.91. The molecule has 0 spiro atoms. The average Bonchev–Trinajstić information content (AvgIpc) is 2.45. The van der Waals surface area contributed by atoms with Gasteiger partial charge in [-0.2, -0.15) is 0 Å². The van der Waals surface area contributed by atoms with Gasteiger partial charge in [-0.15, -0.1) is 11.6 Å². The Kier molecular flexibility index (Phi) is 5.29. The summed E-state index contributed by atoms with van der Waals surface area (Å²) >= 11 is 5.84. The molecule has 3 heteroatoms. The molecule has 1 rings (SSSR count). The molecule has 0 N–H and O–H groups in total. The fraction of sp³-hybridized carbons (Fsp3) is 0.846. The van der Waals surface area contributed by atoms with Crippen LogP contribution >= 0.6 is 11.6 Å². The minimum atomic E-state index is -0.292. The zero-order chi connectivity index (χ0) is 12.3. The van der Waals surface area contributed by atoms with Gasteiger partial charge in [0.2, 0.25) is 0 Å². The molecule has 0 aromatic carbocycles. The Labute approximate surface area is 104 Å². The highest BCUT2D eigenvalue weighted by molar-refractivity contribution is 6.18. The molecular weight excluding hydrogens is 224 g/mol. The van der Waals surface area contributed by atoms with E-state index >= 15 is 0 Å². The molecule has 0 aliphatic heterocycles. The molecule has 94 valence electrons. The van der Waals surface area contributed by atoms with E-state index in [1.807, 2.05) is 13.8 Å². The summed E-state index contributed by atoms with van der Waals surface area (Å²) in [6.45, 7) is 10.6. The van der Waals surface area contributed by atoms with Gasteiger partial charge >= 0.3 is 0 Å². The van der Waals surface area contributed by atoms with Crippen LogP contribution < -0.4 is 0 Å². The second-order valence-corrected chi connectivity index (χ2v) is 5.20. The Morgan fingerprint density at radius 2 is 1.94 bits per heavy atom. The number of rotatable bonds is 5. The van der Waals surface area contributed by atoms with Gasteiger partial charge in [-0.25, -0.2) is 0 Å². The third-order valence-electron chi connectivity index (χ3n) is 3.28. The lowest BCUT2D eigenvalue weighted by atomic mass is 10.1. The van der Waals surface area contributed by atoms with Gasteiger partial charge in [-0.05, 0) is 45.6 Å². The molecule has 0 fully saturated rings. The topological polar surface area (TPSA) is 18.5 Å². The number of halogens is 1. The van der Waals surface area contributed by atoms with Crippen LogP contribution in [-0.2, 0) is 9.47 Å². The third kappa shape index (κ3) is 3.47. The number of allylic oxidation sites excluding steroid dienone is 1. The lowest BCUT2D eigenvalue weighted by Gasteiger charge is -2.23. The molecule has 3 atom stereocenters. The second kappa shape index (κ2) is 6.04. The minimum absolute atomic E-state index is 0.146. The van der Waals surface area contributed by atoms with Crippen LogP contribution in [0.3, 0.4) is 0 Å². The molecule has 3 unspecified atom stereocenters. The summed E-state index contributed by atoms with van der Waals surface area (Å²) in [4.78, 5) is 0. The van der Waals surface area contributed by atoms with E-state index in [1.165, 1.54) is 11.1 Å². The van der Waals surface area contributed by atoms with E-state index in [0.717, 1.165) is 6.42 Å². The number of alkyl halides is 1. The second-order valence-electron chi connectivity index (χ2n) is 4.90. The van der Waals surface area contributed by atoms with Crippen LogP contribution in [0.15, 0.2) is 11.1 Å². The highest BCUT2D eigenvalue weighted by atomic mass is 35.5. The molecule has 2 nitrogen and oxygen atoms in total. The van der Waals surface area contributed by atoms with Crippen LogP contribution in [0.2, 0.25) is 0 Å². The van der Waals surface area contributed by atoms with Crippen molar-refractivity contribution in [2.45, 2.75) is 59.5 Å².